The van der Waals surface area contributed by atoms with Crippen molar-refractivity contribution in [1.29, 1.82) is 0 Å². The van der Waals surface area contributed by atoms with Crippen molar-refractivity contribution < 1.29 is 4.39 Å². The predicted octanol–water partition coefficient (Wildman–Crippen LogP) is 3.59. The zero-order valence-corrected chi connectivity index (χ0v) is 10.3. The summed E-state index contributed by atoms with van der Waals surface area (Å²) in [5.41, 5.74) is 0.843. The predicted molar refractivity (Wildman–Crippen MR) is 62.2 cm³/mol. The minimum Gasteiger partial charge on any atom is -0.263 e. The van der Waals surface area contributed by atoms with Gasteiger partial charge in [0.1, 0.15) is 10.4 Å². The number of nitrogens with zero attached hydrogens (tertiary/aromatic N) is 2. The molecule has 1 heterocycles. The van der Waals surface area contributed by atoms with Gasteiger partial charge in [-0.2, -0.15) is 5.10 Å². The van der Waals surface area contributed by atoms with Crippen LogP contribution in [0.15, 0.2) is 22.8 Å². The third kappa shape index (κ3) is 2.04. The van der Waals surface area contributed by atoms with Gasteiger partial charge in [-0.25, -0.2) is 4.39 Å². The first-order valence-electron chi connectivity index (χ1n) is 4.89. The Morgan fingerprint density at radius 1 is 1.47 bits per heavy atom. The summed E-state index contributed by atoms with van der Waals surface area (Å²) in [6.07, 6.45) is 0. The van der Waals surface area contributed by atoms with Gasteiger partial charge in [0.25, 0.3) is 0 Å². The highest BCUT2D eigenvalue weighted by atomic mass is 79.9. The van der Waals surface area contributed by atoms with Crippen LogP contribution < -0.4 is 0 Å². The van der Waals surface area contributed by atoms with Crippen molar-refractivity contribution in [1.82, 2.24) is 9.78 Å². The minimum atomic E-state index is -0.222. The van der Waals surface area contributed by atoms with Gasteiger partial charge >= 0.3 is 0 Å². The highest BCUT2D eigenvalue weighted by molar-refractivity contribution is 9.10. The van der Waals surface area contributed by atoms with Crippen LogP contribution in [0.4, 0.5) is 4.39 Å². The second kappa shape index (κ2) is 3.93. The van der Waals surface area contributed by atoms with Crippen LogP contribution in [0.1, 0.15) is 13.8 Å². The van der Waals surface area contributed by atoms with Crippen molar-refractivity contribution in [3.05, 3.63) is 28.6 Å². The number of halogens is 2. The van der Waals surface area contributed by atoms with Gasteiger partial charge in [0.15, 0.2) is 0 Å². The number of aromatic nitrogens is 2. The van der Waals surface area contributed by atoms with E-state index in [1.54, 1.807) is 6.07 Å². The van der Waals surface area contributed by atoms with Crippen LogP contribution in [-0.2, 0) is 6.54 Å². The molecule has 0 bridgehead atoms. The number of fused-ring (bicyclic) bond motifs is 1. The number of rotatable bonds is 2. The van der Waals surface area contributed by atoms with Crippen molar-refractivity contribution in [2.75, 3.05) is 0 Å². The van der Waals surface area contributed by atoms with Crippen LogP contribution in [0.5, 0.6) is 0 Å². The first-order valence-corrected chi connectivity index (χ1v) is 5.69. The second-order valence-electron chi connectivity index (χ2n) is 4.03. The molecule has 0 fully saturated rings. The summed E-state index contributed by atoms with van der Waals surface area (Å²) in [6, 6.07) is 4.72. The minimum absolute atomic E-state index is 0.222. The van der Waals surface area contributed by atoms with Crippen LogP contribution in [0.2, 0.25) is 0 Å². The maximum Gasteiger partial charge on any atom is 0.136 e. The van der Waals surface area contributed by atoms with Crippen molar-refractivity contribution in [2.45, 2.75) is 20.4 Å². The number of hydrogen-bond acceptors (Lipinski definition) is 1. The Labute approximate surface area is 96.2 Å². The van der Waals surface area contributed by atoms with E-state index in [1.165, 1.54) is 12.1 Å². The molecule has 2 nitrogen and oxygen atoms in total. The third-order valence-electron chi connectivity index (χ3n) is 2.21. The third-order valence-corrected chi connectivity index (χ3v) is 2.79. The summed E-state index contributed by atoms with van der Waals surface area (Å²) < 4.78 is 15.7. The summed E-state index contributed by atoms with van der Waals surface area (Å²) in [6.45, 7) is 5.02. The lowest BCUT2D eigenvalue weighted by Crippen LogP contribution is -2.05. The molecule has 80 valence electrons. The monoisotopic (exact) mass is 270 g/mol. The summed E-state index contributed by atoms with van der Waals surface area (Å²) in [7, 11) is 0. The zero-order valence-electron chi connectivity index (χ0n) is 8.67. The van der Waals surface area contributed by atoms with Gasteiger partial charge in [0.2, 0.25) is 0 Å². The van der Waals surface area contributed by atoms with Crippen LogP contribution in [0, 0.1) is 11.7 Å². The van der Waals surface area contributed by atoms with Gasteiger partial charge in [-0.15, -0.1) is 0 Å². The fourth-order valence-corrected chi connectivity index (χ4v) is 2.12. The molecular formula is C11H12BrFN2. The number of benzene rings is 1. The quantitative estimate of drug-likeness (QED) is 0.816. The molecule has 1 aromatic carbocycles. The lowest BCUT2D eigenvalue weighted by molar-refractivity contribution is 0.492. The fraction of sp³-hybridized carbons (Fsp3) is 0.364. The molecule has 0 N–H and O–H groups in total. The van der Waals surface area contributed by atoms with Gasteiger partial charge in [-0.3, -0.25) is 4.68 Å². The van der Waals surface area contributed by atoms with Gasteiger partial charge in [0, 0.05) is 11.9 Å². The zero-order chi connectivity index (χ0) is 11.0. The first kappa shape index (κ1) is 10.6. The van der Waals surface area contributed by atoms with Crippen molar-refractivity contribution >= 4 is 26.8 Å². The normalized spacial score (nSPS) is 11.5. The molecule has 15 heavy (non-hydrogen) atoms. The van der Waals surface area contributed by atoms with Crippen LogP contribution >= 0.6 is 15.9 Å². The van der Waals surface area contributed by atoms with E-state index in [9.17, 15) is 4.39 Å². The molecule has 4 heteroatoms. The van der Waals surface area contributed by atoms with E-state index in [0.717, 1.165) is 22.1 Å². The van der Waals surface area contributed by atoms with Crippen molar-refractivity contribution in [2.24, 2.45) is 5.92 Å². The fourth-order valence-electron chi connectivity index (χ4n) is 1.59. The molecule has 0 amide bonds. The standard InChI is InChI=1S/C11H12BrFN2/c1-7(2)6-15-10-5-8(13)3-4-9(10)11(12)14-15/h3-5,7H,6H2,1-2H3. The number of hydrogen-bond donors (Lipinski definition) is 0. The first-order chi connectivity index (χ1) is 7.08. The van der Waals surface area contributed by atoms with E-state index in [1.807, 2.05) is 4.68 Å². The van der Waals surface area contributed by atoms with E-state index in [0.29, 0.717) is 5.92 Å². The Bertz CT molecular complexity index is 491. The Kier molecular flexibility index (Phi) is 2.78. The average Bonchev–Trinajstić information content (AvgIpc) is 2.42. The average molecular weight is 271 g/mol. The van der Waals surface area contributed by atoms with Gasteiger partial charge in [0.05, 0.1) is 5.52 Å². The van der Waals surface area contributed by atoms with Gasteiger partial charge in [-0.1, -0.05) is 13.8 Å². The summed E-state index contributed by atoms with van der Waals surface area (Å²) in [5, 5.41) is 5.29. The largest absolute Gasteiger partial charge is 0.263 e. The second-order valence-corrected chi connectivity index (χ2v) is 4.78. The van der Waals surface area contributed by atoms with Gasteiger partial charge in [-0.05, 0) is 40.0 Å². The Morgan fingerprint density at radius 2 is 2.20 bits per heavy atom. The van der Waals surface area contributed by atoms with E-state index < -0.39 is 0 Å². The molecule has 0 unspecified atom stereocenters. The Morgan fingerprint density at radius 3 is 2.87 bits per heavy atom. The van der Waals surface area contributed by atoms with E-state index >= 15 is 0 Å². The summed E-state index contributed by atoms with van der Waals surface area (Å²) in [5.74, 6) is 0.267. The summed E-state index contributed by atoms with van der Waals surface area (Å²) in [4.78, 5) is 0. The van der Waals surface area contributed by atoms with Crippen LogP contribution in [0.3, 0.4) is 0 Å². The van der Waals surface area contributed by atoms with Gasteiger partial charge < -0.3 is 0 Å². The molecule has 0 saturated heterocycles. The molecule has 0 atom stereocenters. The Balaban J connectivity index is 2.59. The molecule has 0 radical (unpaired) electrons. The summed E-state index contributed by atoms with van der Waals surface area (Å²) >= 11 is 3.38. The molecule has 0 aliphatic rings. The molecule has 2 aromatic rings. The smallest absolute Gasteiger partial charge is 0.136 e. The lowest BCUT2D eigenvalue weighted by Gasteiger charge is -2.05. The molecule has 0 saturated carbocycles. The molecule has 0 aliphatic carbocycles. The van der Waals surface area contributed by atoms with Crippen molar-refractivity contribution in [3.8, 4) is 0 Å². The van der Waals surface area contributed by atoms with Crippen LogP contribution in [0.25, 0.3) is 10.9 Å². The molecular weight excluding hydrogens is 259 g/mol. The molecule has 2 rings (SSSR count). The van der Waals surface area contributed by atoms with E-state index in [4.69, 9.17) is 0 Å². The highest BCUT2D eigenvalue weighted by Gasteiger charge is 2.09. The maximum absolute atomic E-state index is 13.1. The van der Waals surface area contributed by atoms with E-state index in [2.05, 4.69) is 34.9 Å². The molecule has 0 aliphatic heterocycles. The van der Waals surface area contributed by atoms with Crippen molar-refractivity contribution in [3.63, 3.8) is 0 Å². The highest BCUT2D eigenvalue weighted by Crippen LogP contribution is 2.24. The van der Waals surface area contributed by atoms with E-state index in [-0.39, 0.29) is 5.82 Å². The topological polar surface area (TPSA) is 17.8 Å². The maximum atomic E-state index is 13.1. The molecule has 0 spiro atoms. The lowest BCUT2D eigenvalue weighted by atomic mass is 10.2. The Hall–Kier alpha value is -0.900. The molecule has 1 aromatic heterocycles. The SMILES string of the molecule is CC(C)Cn1nc(Br)c2ccc(F)cc21. The van der Waals surface area contributed by atoms with Crippen LogP contribution in [-0.4, -0.2) is 9.78 Å².